The van der Waals surface area contributed by atoms with Crippen molar-refractivity contribution in [2.24, 2.45) is 5.92 Å². The Morgan fingerprint density at radius 1 is 1.00 bits per heavy atom. The predicted molar refractivity (Wildman–Crippen MR) is 112 cm³/mol. The minimum atomic E-state index is -3.47. The van der Waals surface area contributed by atoms with Crippen LogP contribution < -0.4 is 14.8 Å². The van der Waals surface area contributed by atoms with Crippen LogP contribution in [0.15, 0.2) is 42.6 Å². The van der Waals surface area contributed by atoms with E-state index in [1.807, 2.05) is 0 Å². The number of aromatic nitrogens is 2. The number of carbonyl (C=O) groups excluding carboxylic acids is 1. The summed E-state index contributed by atoms with van der Waals surface area (Å²) in [6.07, 6.45) is 1.96. The molecule has 8 nitrogen and oxygen atoms in total. The molecule has 0 saturated carbocycles. The molecule has 1 amide bonds. The van der Waals surface area contributed by atoms with Gasteiger partial charge in [0.15, 0.2) is 23.1 Å². The zero-order chi connectivity index (χ0) is 25.0. The lowest BCUT2D eigenvalue weighted by atomic mass is 10.2. The number of ether oxygens (including phenoxy) is 2. The summed E-state index contributed by atoms with van der Waals surface area (Å²) in [5.41, 5.74) is -0.207. The third kappa shape index (κ3) is 6.63. The highest BCUT2D eigenvalue weighted by molar-refractivity contribution is 7.90. The molecule has 1 aromatic heterocycles. The topological polar surface area (TPSA) is 107 Å². The summed E-state index contributed by atoms with van der Waals surface area (Å²) in [5.74, 6) is -7.40. The molecule has 0 aliphatic heterocycles. The Morgan fingerprint density at radius 2 is 1.56 bits per heavy atom. The van der Waals surface area contributed by atoms with Gasteiger partial charge in [0.2, 0.25) is 11.8 Å². The summed E-state index contributed by atoms with van der Waals surface area (Å²) >= 11 is 0. The van der Waals surface area contributed by atoms with Crippen LogP contribution in [-0.2, 0) is 14.6 Å². The van der Waals surface area contributed by atoms with Crippen molar-refractivity contribution < 1.29 is 40.2 Å². The summed E-state index contributed by atoms with van der Waals surface area (Å²) in [7, 11) is -3.47. The van der Waals surface area contributed by atoms with Gasteiger partial charge in [-0.1, -0.05) is 6.92 Å². The average molecular weight is 499 g/mol. The number of sulfone groups is 1. The van der Waals surface area contributed by atoms with Crippen LogP contribution in [0.1, 0.15) is 6.92 Å². The van der Waals surface area contributed by atoms with Gasteiger partial charge in [0.05, 0.1) is 11.9 Å². The third-order valence-corrected chi connectivity index (χ3v) is 5.29. The van der Waals surface area contributed by atoms with Crippen molar-refractivity contribution in [2.75, 3.05) is 17.3 Å². The first-order chi connectivity index (χ1) is 15.9. The lowest BCUT2D eigenvalue weighted by molar-refractivity contribution is -0.118. The van der Waals surface area contributed by atoms with E-state index >= 15 is 0 Å². The van der Waals surface area contributed by atoms with Crippen molar-refractivity contribution in [3.05, 3.63) is 65.9 Å². The van der Waals surface area contributed by atoms with E-state index < -0.39 is 74.1 Å². The predicted octanol–water partition coefficient (Wildman–Crippen LogP) is 4.24. The molecule has 1 heterocycles. The van der Waals surface area contributed by atoms with Gasteiger partial charge in [-0.05, 0) is 24.3 Å². The zero-order valence-corrected chi connectivity index (χ0v) is 18.5. The average Bonchev–Trinajstić information content (AvgIpc) is 2.72. The fraction of sp³-hybridized carbons (Fsp3) is 0.190. The Bertz CT molecular complexity index is 1340. The molecule has 0 spiro atoms. The van der Waals surface area contributed by atoms with Gasteiger partial charge in [-0.25, -0.2) is 31.0 Å². The Kier molecular flexibility index (Phi) is 7.35. The van der Waals surface area contributed by atoms with Gasteiger partial charge in [-0.2, -0.15) is 4.98 Å². The fourth-order valence-electron chi connectivity index (χ4n) is 2.67. The maximum absolute atomic E-state index is 14.1. The van der Waals surface area contributed by atoms with E-state index in [4.69, 9.17) is 9.47 Å². The van der Waals surface area contributed by atoms with Crippen LogP contribution in [-0.4, -0.2) is 36.3 Å². The summed E-state index contributed by atoms with van der Waals surface area (Å²) in [6, 6.07) is 4.40. The van der Waals surface area contributed by atoms with Crippen molar-refractivity contribution in [1.82, 2.24) is 9.97 Å². The number of halogens is 4. The van der Waals surface area contributed by atoms with Gasteiger partial charge in [-0.3, -0.25) is 4.79 Å². The standard InChI is InChI=1S/C21H17F4N3O5S/c1-11(10-34(2,30)31)19(29)27-16-9-26-21(33-18-6-4-13(23)8-15(18)25)28-20(16)32-17-5-3-12(22)7-14(17)24/h3-9,11H,10H2,1-2H3,(H,27,29). The molecule has 0 aliphatic carbocycles. The Labute approximate surface area is 191 Å². The van der Waals surface area contributed by atoms with E-state index in [9.17, 15) is 30.8 Å². The second kappa shape index (κ2) is 10.0. The van der Waals surface area contributed by atoms with E-state index in [-0.39, 0.29) is 5.69 Å². The first kappa shape index (κ1) is 24.9. The number of hydrogen-bond donors (Lipinski definition) is 1. The second-order valence-electron chi connectivity index (χ2n) is 7.21. The number of carbonyl (C=O) groups is 1. The smallest absolute Gasteiger partial charge is 0.325 e. The van der Waals surface area contributed by atoms with Gasteiger partial charge in [-0.15, -0.1) is 0 Å². The van der Waals surface area contributed by atoms with Gasteiger partial charge >= 0.3 is 6.01 Å². The van der Waals surface area contributed by atoms with Crippen LogP contribution in [0.5, 0.6) is 23.4 Å². The van der Waals surface area contributed by atoms with Crippen molar-refractivity contribution in [2.45, 2.75) is 6.92 Å². The van der Waals surface area contributed by atoms with Gasteiger partial charge in [0.25, 0.3) is 0 Å². The molecular formula is C21H17F4N3O5S. The Hall–Kier alpha value is -3.74. The largest absolute Gasteiger partial charge is 0.434 e. The molecule has 3 aromatic rings. The zero-order valence-electron chi connectivity index (χ0n) is 17.7. The monoisotopic (exact) mass is 499 g/mol. The van der Waals surface area contributed by atoms with Gasteiger partial charge < -0.3 is 14.8 Å². The number of benzene rings is 2. The van der Waals surface area contributed by atoms with E-state index in [2.05, 4.69) is 15.3 Å². The van der Waals surface area contributed by atoms with Crippen molar-refractivity contribution >= 4 is 21.4 Å². The number of amides is 1. The molecule has 1 atom stereocenters. The minimum absolute atomic E-state index is 0.207. The molecule has 0 fully saturated rings. The highest BCUT2D eigenvalue weighted by Crippen LogP contribution is 2.32. The molecular weight excluding hydrogens is 482 g/mol. The Balaban J connectivity index is 1.94. The summed E-state index contributed by atoms with van der Waals surface area (Å²) in [6.45, 7) is 1.37. The van der Waals surface area contributed by atoms with Crippen molar-refractivity contribution in [1.29, 1.82) is 0 Å². The van der Waals surface area contributed by atoms with Crippen LogP contribution in [0.25, 0.3) is 0 Å². The van der Waals surface area contributed by atoms with E-state index in [0.29, 0.717) is 12.1 Å². The van der Waals surface area contributed by atoms with Crippen molar-refractivity contribution in [3.8, 4) is 23.4 Å². The molecule has 13 heteroatoms. The first-order valence-corrected chi connectivity index (χ1v) is 11.6. The molecule has 1 unspecified atom stereocenters. The molecule has 180 valence electrons. The second-order valence-corrected chi connectivity index (χ2v) is 9.39. The molecule has 0 radical (unpaired) electrons. The molecule has 0 bridgehead atoms. The SMILES string of the molecule is CC(CS(C)(=O)=O)C(=O)Nc1cnc(Oc2ccc(F)cc2F)nc1Oc1ccc(F)cc1F. The molecule has 0 aliphatic rings. The molecule has 3 rings (SSSR count). The normalized spacial score (nSPS) is 12.2. The summed E-state index contributed by atoms with van der Waals surface area (Å²) in [5, 5.41) is 2.36. The van der Waals surface area contributed by atoms with Crippen molar-refractivity contribution in [3.63, 3.8) is 0 Å². The van der Waals surface area contributed by atoms with E-state index in [1.54, 1.807) is 0 Å². The van der Waals surface area contributed by atoms with Crippen LogP contribution in [0.4, 0.5) is 23.2 Å². The maximum Gasteiger partial charge on any atom is 0.325 e. The van der Waals surface area contributed by atoms with E-state index in [1.165, 1.54) is 6.92 Å². The third-order valence-electron chi connectivity index (χ3n) is 4.19. The highest BCUT2D eigenvalue weighted by Gasteiger charge is 2.22. The molecule has 2 aromatic carbocycles. The van der Waals surface area contributed by atoms with Gasteiger partial charge in [0.1, 0.15) is 27.2 Å². The van der Waals surface area contributed by atoms with E-state index in [0.717, 1.165) is 36.7 Å². The number of anilines is 1. The van der Waals surface area contributed by atoms with Crippen LogP contribution in [0.3, 0.4) is 0 Å². The minimum Gasteiger partial charge on any atom is -0.434 e. The quantitative estimate of drug-likeness (QED) is 0.462. The van der Waals surface area contributed by atoms with Crippen LogP contribution in [0, 0.1) is 29.2 Å². The lowest BCUT2D eigenvalue weighted by Gasteiger charge is -2.15. The summed E-state index contributed by atoms with van der Waals surface area (Å²) in [4.78, 5) is 20.1. The fourth-order valence-corrected chi connectivity index (χ4v) is 3.73. The number of nitrogens with one attached hydrogen (secondary N) is 1. The first-order valence-electron chi connectivity index (χ1n) is 9.52. The highest BCUT2D eigenvalue weighted by atomic mass is 32.2. The summed E-state index contributed by atoms with van der Waals surface area (Å²) < 4.78 is 87.8. The number of nitrogens with zero attached hydrogens (tertiary/aromatic N) is 2. The van der Waals surface area contributed by atoms with Gasteiger partial charge in [0, 0.05) is 24.3 Å². The lowest BCUT2D eigenvalue weighted by Crippen LogP contribution is -2.26. The molecule has 34 heavy (non-hydrogen) atoms. The molecule has 1 N–H and O–H groups in total. The van der Waals surface area contributed by atoms with Crippen LogP contribution >= 0.6 is 0 Å². The van der Waals surface area contributed by atoms with Crippen LogP contribution in [0.2, 0.25) is 0 Å². The Morgan fingerprint density at radius 3 is 2.09 bits per heavy atom. The number of hydrogen-bond acceptors (Lipinski definition) is 7. The number of rotatable bonds is 8. The molecule has 0 saturated heterocycles. The maximum atomic E-state index is 14.1.